The number of carbonyl (C=O) groups excluding carboxylic acids is 3. The van der Waals surface area contributed by atoms with Gasteiger partial charge in [0, 0.05) is 18.5 Å². The van der Waals surface area contributed by atoms with Crippen LogP contribution in [0.1, 0.15) is 51.2 Å². The molecule has 4 N–H and O–H groups in total. The summed E-state index contributed by atoms with van der Waals surface area (Å²) in [6.45, 7) is 5.70. The molecule has 10 heteroatoms. The van der Waals surface area contributed by atoms with Crippen LogP contribution in [0.5, 0.6) is 0 Å². The van der Waals surface area contributed by atoms with Crippen molar-refractivity contribution in [2.45, 2.75) is 76.6 Å². The Bertz CT molecular complexity index is 1260. The molecular weight excluding hydrogens is 500 g/mol. The minimum Gasteiger partial charge on any atom is -0.480 e. The molecule has 208 valence electrons. The van der Waals surface area contributed by atoms with Gasteiger partial charge < -0.3 is 20.9 Å². The lowest BCUT2D eigenvalue weighted by molar-refractivity contribution is -0.142. The second-order valence-electron chi connectivity index (χ2n) is 10.9. The number of fused-ring (bicyclic) bond motifs is 2. The van der Waals surface area contributed by atoms with E-state index in [-0.39, 0.29) is 19.3 Å². The van der Waals surface area contributed by atoms with Crippen molar-refractivity contribution in [3.05, 3.63) is 59.7 Å². The van der Waals surface area contributed by atoms with Crippen LogP contribution >= 0.6 is 0 Å². The number of nitrogens with one attached hydrogen (secondary N) is 1. The van der Waals surface area contributed by atoms with Gasteiger partial charge in [-0.15, -0.1) is 0 Å². The Kier molecular flexibility index (Phi) is 8.25. The molecule has 0 bridgehead atoms. The molecule has 39 heavy (non-hydrogen) atoms. The van der Waals surface area contributed by atoms with Crippen LogP contribution in [0.4, 0.5) is 16.2 Å². The number of hydrogen-bond acceptors (Lipinski definition) is 6. The molecule has 2 heterocycles. The molecule has 0 fully saturated rings. The molecule has 2 aliphatic heterocycles. The first-order chi connectivity index (χ1) is 18.5. The Morgan fingerprint density at radius 3 is 2.08 bits per heavy atom. The molecule has 0 spiro atoms. The second-order valence-corrected chi connectivity index (χ2v) is 10.9. The number of hydrogen-bond donors (Lipinski definition) is 3. The number of carboxylic acids is 1. The molecule has 1 unspecified atom stereocenters. The van der Waals surface area contributed by atoms with Crippen molar-refractivity contribution in [3.8, 4) is 0 Å². The van der Waals surface area contributed by atoms with E-state index in [4.69, 9.17) is 10.5 Å². The van der Waals surface area contributed by atoms with Gasteiger partial charge in [0.2, 0.25) is 5.91 Å². The maximum absolute atomic E-state index is 14.3. The Morgan fingerprint density at radius 2 is 1.51 bits per heavy atom. The molecule has 0 saturated heterocycles. The van der Waals surface area contributed by atoms with Gasteiger partial charge in [0.15, 0.2) is 0 Å². The minimum atomic E-state index is -1.14. The average Bonchev–Trinajstić information content (AvgIpc) is 3.46. The van der Waals surface area contributed by atoms with Crippen LogP contribution in [0.25, 0.3) is 0 Å². The number of nitrogens with two attached hydrogens (primary N) is 1. The van der Waals surface area contributed by atoms with Crippen molar-refractivity contribution in [1.29, 1.82) is 0 Å². The van der Waals surface area contributed by atoms with Gasteiger partial charge in [-0.3, -0.25) is 19.4 Å². The van der Waals surface area contributed by atoms with Crippen LogP contribution in [0, 0.1) is 0 Å². The highest BCUT2D eigenvalue weighted by Gasteiger charge is 2.47. The monoisotopic (exact) mass is 536 g/mol. The van der Waals surface area contributed by atoms with Crippen LogP contribution in [0.15, 0.2) is 48.5 Å². The van der Waals surface area contributed by atoms with Crippen LogP contribution < -0.4 is 20.9 Å². The third-order valence-electron chi connectivity index (χ3n) is 6.93. The zero-order chi connectivity index (χ0) is 28.3. The lowest BCUT2D eigenvalue weighted by Crippen LogP contribution is -2.57. The van der Waals surface area contributed by atoms with E-state index in [0.29, 0.717) is 30.8 Å². The zero-order valence-corrected chi connectivity index (χ0v) is 22.6. The first kappa shape index (κ1) is 28.1. The van der Waals surface area contributed by atoms with E-state index in [2.05, 4.69) is 5.32 Å². The Hall–Kier alpha value is -3.92. The smallest absolute Gasteiger partial charge is 0.415 e. The first-order valence-electron chi connectivity index (χ1n) is 13.3. The Labute approximate surface area is 228 Å². The van der Waals surface area contributed by atoms with Crippen molar-refractivity contribution < 1.29 is 29.0 Å². The normalized spacial score (nSPS) is 18.8. The molecule has 3 atom stereocenters. The molecule has 0 radical (unpaired) electrons. The summed E-state index contributed by atoms with van der Waals surface area (Å²) in [6, 6.07) is 11.5. The fourth-order valence-corrected chi connectivity index (χ4v) is 5.17. The molecule has 2 aliphatic rings. The van der Waals surface area contributed by atoms with Crippen molar-refractivity contribution in [3.63, 3.8) is 0 Å². The van der Waals surface area contributed by atoms with Crippen molar-refractivity contribution in [2.24, 2.45) is 5.73 Å². The lowest BCUT2D eigenvalue weighted by Gasteiger charge is -2.33. The van der Waals surface area contributed by atoms with E-state index >= 15 is 0 Å². The predicted molar refractivity (Wildman–Crippen MR) is 147 cm³/mol. The number of carbonyl (C=O) groups is 4. The number of ether oxygens (including phenoxy) is 1. The van der Waals surface area contributed by atoms with E-state index in [1.165, 1.54) is 9.80 Å². The number of nitrogens with zero attached hydrogens (tertiary/aromatic N) is 2. The molecule has 2 aromatic rings. The van der Waals surface area contributed by atoms with E-state index in [1.54, 1.807) is 45.0 Å². The van der Waals surface area contributed by atoms with Crippen LogP contribution in [-0.2, 0) is 32.0 Å². The highest BCUT2D eigenvalue weighted by Crippen LogP contribution is 2.38. The zero-order valence-electron chi connectivity index (χ0n) is 22.6. The van der Waals surface area contributed by atoms with Gasteiger partial charge in [0.1, 0.15) is 23.7 Å². The summed E-state index contributed by atoms with van der Waals surface area (Å²) in [5.74, 6) is -2.13. The van der Waals surface area contributed by atoms with Crippen LogP contribution in [0.3, 0.4) is 0 Å². The molecule has 10 nitrogen and oxygen atoms in total. The minimum absolute atomic E-state index is 0.231. The molecule has 2 aromatic carbocycles. The number of aliphatic carboxylic acids is 1. The quantitative estimate of drug-likeness (QED) is 0.440. The summed E-state index contributed by atoms with van der Waals surface area (Å²) in [5, 5.41) is 12.3. The molecular formula is C29H36N4O6. The van der Waals surface area contributed by atoms with Crippen LogP contribution in [0.2, 0.25) is 0 Å². The third kappa shape index (κ3) is 6.06. The number of para-hydroxylation sites is 2. The number of amides is 3. The summed E-state index contributed by atoms with van der Waals surface area (Å²) in [4.78, 5) is 55.8. The number of anilines is 2. The second kappa shape index (κ2) is 11.4. The van der Waals surface area contributed by atoms with E-state index in [1.807, 2.05) is 24.3 Å². The summed E-state index contributed by atoms with van der Waals surface area (Å²) in [7, 11) is 0. The summed E-state index contributed by atoms with van der Waals surface area (Å²) >= 11 is 0. The first-order valence-corrected chi connectivity index (χ1v) is 13.3. The molecule has 4 rings (SSSR count). The molecule has 3 amide bonds. The molecule has 0 saturated carbocycles. The number of benzene rings is 2. The highest BCUT2D eigenvalue weighted by atomic mass is 16.6. The van der Waals surface area contributed by atoms with Crippen molar-refractivity contribution in [1.82, 2.24) is 5.32 Å². The standard InChI is InChI=1S/C29H36N4O6/c1-29(2,3)39-28(38)33-22-14-7-5-11-19(22)17-24(33)26(35)32-21-13-6-4-10-18(21)16-23(32)25(34)31-20(27(36)37)12-8-9-15-30/h4-7,10-11,13-14,20,23-24H,8-9,12,15-17,30H2,1-3H3,(H,31,34)(H,36,37)/t20-,23+,24?/m0/s1. The fourth-order valence-electron chi connectivity index (χ4n) is 5.17. The maximum atomic E-state index is 14.3. The van der Waals surface area contributed by atoms with E-state index in [0.717, 1.165) is 11.1 Å². The number of carboxylic acid groups (broad SMARTS) is 1. The van der Waals surface area contributed by atoms with Gasteiger partial charge >= 0.3 is 12.1 Å². The van der Waals surface area contributed by atoms with E-state index in [9.17, 15) is 24.3 Å². The van der Waals surface area contributed by atoms with E-state index < -0.39 is 47.6 Å². The SMILES string of the molecule is CC(C)(C)OC(=O)N1c2ccccc2CC1C(=O)N1c2ccccc2C[C@@H]1C(=O)N[C@@H](CCCCN)C(=O)O. The Morgan fingerprint density at radius 1 is 0.949 bits per heavy atom. The maximum Gasteiger partial charge on any atom is 0.415 e. The summed E-state index contributed by atoms with van der Waals surface area (Å²) in [6.07, 6.45) is 1.27. The number of rotatable bonds is 8. The van der Waals surface area contributed by atoms with Gasteiger partial charge in [0.05, 0.1) is 5.69 Å². The lowest BCUT2D eigenvalue weighted by atomic mass is 10.1. The Balaban J connectivity index is 1.65. The molecule has 0 aliphatic carbocycles. The number of unbranched alkanes of at least 4 members (excludes halogenated alkanes) is 1. The third-order valence-corrected chi connectivity index (χ3v) is 6.93. The summed E-state index contributed by atoms with van der Waals surface area (Å²) < 4.78 is 5.65. The highest BCUT2D eigenvalue weighted by molar-refractivity contribution is 6.11. The molecule has 0 aromatic heterocycles. The fraction of sp³-hybridized carbons (Fsp3) is 0.448. The van der Waals surface area contributed by atoms with Gasteiger partial charge in [-0.25, -0.2) is 9.59 Å². The van der Waals surface area contributed by atoms with Gasteiger partial charge in [-0.1, -0.05) is 36.4 Å². The predicted octanol–water partition coefficient (Wildman–Crippen LogP) is 3.01. The van der Waals surface area contributed by atoms with Crippen molar-refractivity contribution in [2.75, 3.05) is 16.3 Å². The topological polar surface area (TPSA) is 142 Å². The van der Waals surface area contributed by atoms with Crippen LogP contribution in [-0.4, -0.2) is 59.3 Å². The van der Waals surface area contributed by atoms with Crippen molar-refractivity contribution >= 4 is 35.3 Å². The van der Waals surface area contributed by atoms with Gasteiger partial charge in [0.25, 0.3) is 5.91 Å². The van der Waals surface area contributed by atoms with Gasteiger partial charge in [-0.2, -0.15) is 0 Å². The average molecular weight is 537 g/mol. The largest absolute Gasteiger partial charge is 0.480 e. The summed E-state index contributed by atoms with van der Waals surface area (Å²) in [5.41, 5.74) is 7.52. The van der Waals surface area contributed by atoms with Gasteiger partial charge in [-0.05, 0) is 69.8 Å².